The van der Waals surface area contributed by atoms with E-state index in [1.807, 2.05) is 31.2 Å². The van der Waals surface area contributed by atoms with E-state index >= 15 is 0 Å². The standard InChI is InChI=1S/C17H15BrFNO/c1-10-6-13(8-14(19)7-10)16(18)12-3-2-11-4-5-20-17(21)15(11)9-12/h2-3,6-9,16H,4-5H2,1H3,(H,20,21). The highest BCUT2D eigenvalue weighted by molar-refractivity contribution is 9.09. The number of carbonyl (C=O) groups excluding carboxylic acids is 1. The second-order valence-corrected chi connectivity index (χ2v) is 6.26. The fourth-order valence-corrected chi connectivity index (χ4v) is 3.24. The molecule has 2 aromatic rings. The Hall–Kier alpha value is -1.68. The predicted molar refractivity (Wildman–Crippen MR) is 84.4 cm³/mol. The van der Waals surface area contributed by atoms with Gasteiger partial charge in [0, 0.05) is 12.1 Å². The van der Waals surface area contributed by atoms with Crippen molar-refractivity contribution < 1.29 is 9.18 Å². The average Bonchev–Trinajstić information content (AvgIpc) is 2.45. The maximum absolute atomic E-state index is 13.6. The lowest BCUT2D eigenvalue weighted by Crippen LogP contribution is -2.31. The third kappa shape index (κ3) is 2.86. The second-order valence-electron chi connectivity index (χ2n) is 5.35. The number of rotatable bonds is 2. The number of aryl methyl sites for hydroxylation is 1. The fraction of sp³-hybridized carbons (Fsp3) is 0.235. The molecule has 1 aliphatic heterocycles. The minimum atomic E-state index is -0.245. The lowest BCUT2D eigenvalue weighted by atomic mass is 9.95. The zero-order chi connectivity index (χ0) is 15.0. The number of hydrogen-bond acceptors (Lipinski definition) is 1. The minimum Gasteiger partial charge on any atom is -0.352 e. The molecule has 3 rings (SSSR count). The van der Waals surface area contributed by atoms with Crippen LogP contribution in [0.1, 0.15) is 37.4 Å². The Morgan fingerprint density at radius 2 is 2.00 bits per heavy atom. The molecule has 1 heterocycles. The van der Waals surface area contributed by atoms with E-state index in [1.165, 1.54) is 12.1 Å². The summed E-state index contributed by atoms with van der Waals surface area (Å²) in [5, 5.41) is 2.85. The molecule has 1 atom stereocenters. The van der Waals surface area contributed by atoms with Crippen molar-refractivity contribution in [3.63, 3.8) is 0 Å². The van der Waals surface area contributed by atoms with Crippen LogP contribution in [-0.4, -0.2) is 12.5 Å². The molecule has 0 aromatic heterocycles. The van der Waals surface area contributed by atoms with Crippen LogP contribution < -0.4 is 5.32 Å². The van der Waals surface area contributed by atoms with E-state index in [0.717, 1.165) is 34.2 Å². The van der Waals surface area contributed by atoms with Gasteiger partial charge in [-0.3, -0.25) is 4.79 Å². The van der Waals surface area contributed by atoms with Gasteiger partial charge in [0.05, 0.1) is 4.83 Å². The predicted octanol–water partition coefficient (Wildman–Crippen LogP) is 3.90. The number of carbonyl (C=O) groups is 1. The van der Waals surface area contributed by atoms with Crippen LogP contribution in [0.5, 0.6) is 0 Å². The molecule has 2 aromatic carbocycles. The maximum Gasteiger partial charge on any atom is 0.251 e. The minimum absolute atomic E-state index is 0.0341. The van der Waals surface area contributed by atoms with Crippen LogP contribution in [-0.2, 0) is 6.42 Å². The van der Waals surface area contributed by atoms with E-state index in [9.17, 15) is 9.18 Å². The Labute approximate surface area is 131 Å². The van der Waals surface area contributed by atoms with E-state index < -0.39 is 0 Å². The maximum atomic E-state index is 13.6. The number of halogens is 2. The largest absolute Gasteiger partial charge is 0.352 e. The number of alkyl halides is 1. The summed E-state index contributed by atoms with van der Waals surface area (Å²) in [6.07, 6.45) is 0.855. The van der Waals surface area contributed by atoms with Crippen molar-refractivity contribution in [3.05, 3.63) is 70.0 Å². The van der Waals surface area contributed by atoms with Crippen molar-refractivity contribution in [3.8, 4) is 0 Å². The molecule has 0 spiro atoms. The number of benzene rings is 2. The normalized spacial score (nSPS) is 15.3. The van der Waals surface area contributed by atoms with Crippen molar-refractivity contribution in [1.29, 1.82) is 0 Å². The highest BCUT2D eigenvalue weighted by atomic mass is 79.9. The number of fused-ring (bicyclic) bond motifs is 1. The van der Waals surface area contributed by atoms with Crippen molar-refractivity contribution in [2.45, 2.75) is 18.2 Å². The fourth-order valence-electron chi connectivity index (χ4n) is 2.69. The summed E-state index contributed by atoms with van der Waals surface area (Å²) in [5.74, 6) is -0.279. The van der Waals surface area contributed by atoms with Crippen LogP contribution in [0.3, 0.4) is 0 Å². The molecule has 1 aliphatic rings. The molecule has 0 bridgehead atoms. The smallest absolute Gasteiger partial charge is 0.251 e. The Bertz CT molecular complexity index is 694. The first kappa shape index (κ1) is 14.3. The zero-order valence-electron chi connectivity index (χ0n) is 11.6. The first-order valence-corrected chi connectivity index (χ1v) is 7.78. The molecule has 0 saturated carbocycles. The van der Waals surface area contributed by atoms with E-state index in [0.29, 0.717) is 6.54 Å². The first-order chi connectivity index (χ1) is 10.0. The summed E-state index contributed by atoms with van der Waals surface area (Å²) in [4.78, 5) is 11.8. The quantitative estimate of drug-likeness (QED) is 0.820. The molecule has 21 heavy (non-hydrogen) atoms. The molecule has 4 heteroatoms. The molecule has 2 nitrogen and oxygen atoms in total. The van der Waals surface area contributed by atoms with Gasteiger partial charge in [-0.25, -0.2) is 4.39 Å². The highest BCUT2D eigenvalue weighted by Crippen LogP contribution is 2.33. The van der Waals surface area contributed by atoms with E-state index in [-0.39, 0.29) is 16.6 Å². The van der Waals surface area contributed by atoms with Gasteiger partial charge in [0.1, 0.15) is 5.82 Å². The number of hydrogen-bond donors (Lipinski definition) is 1. The molecule has 1 amide bonds. The molecular weight excluding hydrogens is 333 g/mol. The van der Waals surface area contributed by atoms with Crippen LogP contribution in [0.4, 0.5) is 4.39 Å². The van der Waals surface area contributed by atoms with Crippen LogP contribution >= 0.6 is 15.9 Å². The zero-order valence-corrected chi connectivity index (χ0v) is 13.2. The Balaban J connectivity index is 2.00. The van der Waals surface area contributed by atoms with Gasteiger partial charge in [-0.15, -0.1) is 0 Å². The summed E-state index contributed by atoms with van der Waals surface area (Å²) in [6, 6.07) is 10.8. The van der Waals surface area contributed by atoms with Gasteiger partial charge in [-0.2, -0.15) is 0 Å². The van der Waals surface area contributed by atoms with Gasteiger partial charge >= 0.3 is 0 Å². The molecule has 0 saturated heterocycles. The molecular formula is C17H15BrFNO. The molecule has 1 unspecified atom stereocenters. The van der Waals surface area contributed by atoms with E-state index in [1.54, 1.807) is 0 Å². The summed E-state index contributed by atoms with van der Waals surface area (Å²) in [7, 11) is 0. The van der Waals surface area contributed by atoms with Gasteiger partial charge in [0.25, 0.3) is 5.91 Å². The van der Waals surface area contributed by atoms with Crippen molar-refractivity contribution in [1.82, 2.24) is 5.32 Å². The number of amides is 1. The third-order valence-corrected chi connectivity index (χ3v) is 4.77. The summed E-state index contributed by atoms with van der Waals surface area (Å²) >= 11 is 3.61. The van der Waals surface area contributed by atoms with Gasteiger partial charge in [-0.1, -0.05) is 34.1 Å². The highest BCUT2D eigenvalue weighted by Gasteiger charge is 2.19. The molecule has 1 N–H and O–H groups in total. The molecule has 108 valence electrons. The SMILES string of the molecule is Cc1cc(F)cc(C(Br)c2ccc3c(c2)C(=O)NCC3)c1. The Morgan fingerprint density at radius 3 is 2.76 bits per heavy atom. The van der Waals surface area contributed by atoms with E-state index in [4.69, 9.17) is 0 Å². The van der Waals surface area contributed by atoms with Crippen molar-refractivity contribution >= 4 is 21.8 Å². The summed E-state index contributed by atoms with van der Waals surface area (Å²) < 4.78 is 13.6. The first-order valence-electron chi connectivity index (χ1n) is 6.87. The Morgan fingerprint density at radius 1 is 1.19 bits per heavy atom. The summed E-state index contributed by atoms with van der Waals surface area (Å²) in [5.41, 5.74) is 4.47. The monoisotopic (exact) mass is 347 g/mol. The van der Waals surface area contributed by atoms with Crippen molar-refractivity contribution in [2.75, 3.05) is 6.54 Å². The number of nitrogens with one attached hydrogen (secondary N) is 1. The van der Waals surface area contributed by atoms with Crippen LogP contribution in [0, 0.1) is 12.7 Å². The lowest BCUT2D eigenvalue weighted by Gasteiger charge is -2.19. The van der Waals surface area contributed by atoms with Gasteiger partial charge in [0.15, 0.2) is 0 Å². The van der Waals surface area contributed by atoms with Gasteiger partial charge in [-0.05, 0) is 53.8 Å². The average molecular weight is 348 g/mol. The third-order valence-electron chi connectivity index (χ3n) is 3.71. The van der Waals surface area contributed by atoms with Gasteiger partial charge in [0.2, 0.25) is 0 Å². The molecule has 0 fully saturated rings. The van der Waals surface area contributed by atoms with Crippen LogP contribution in [0.25, 0.3) is 0 Å². The Kier molecular flexibility index (Phi) is 3.81. The topological polar surface area (TPSA) is 29.1 Å². The van der Waals surface area contributed by atoms with Crippen molar-refractivity contribution in [2.24, 2.45) is 0 Å². The van der Waals surface area contributed by atoms with Gasteiger partial charge < -0.3 is 5.32 Å². The van der Waals surface area contributed by atoms with E-state index in [2.05, 4.69) is 21.2 Å². The molecule has 0 aliphatic carbocycles. The lowest BCUT2D eigenvalue weighted by molar-refractivity contribution is 0.0946. The van der Waals surface area contributed by atoms with Crippen LogP contribution in [0.15, 0.2) is 36.4 Å². The summed E-state index contributed by atoms with van der Waals surface area (Å²) in [6.45, 7) is 2.55. The second kappa shape index (κ2) is 5.60. The van der Waals surface area contributed by atoms with Crippen LogP contribution in [0.2, 0.25) is 0 Å². The molecule has 0 radical (unpaired) electrons.